The van der Waals surface area contributed by atoms with E-state index in [0.29, 0.717) is 0 Å². The molecule has 0 bridgehead atoms. The van der Waals surface area contributed by atoms with E-state index in [9.17, 15) is 0 Å². The Morgan fingerprint density at radius 2 is 1.53 bits per heavy atom. The Kier molecular flexibility index (Phi) is 8.14. The van der Waals surface area contributed by atoms with Crippen molar-refractivity contribution in [2.75, 3.05) is 0 Å². The first kappa shape index (κ1) is 28.2. The molecule has 0 aliphatic carbocycles. The van der Waals surface area contributed by atoms with Crippen molar-refractivity contribution in [1.82, 2.24) is 14.5 Å². The van der Waals surface area contributed by atoms with Crippen LogP contribution in [0.2, 0.25) is 0 Å². The molecule has 4 heterocycles. The van der Waals surface area contributed by atoms with Gasteiger partial charge in [0.15, 0.2) is 0 Å². The third-order valence-corrected chi connectivity index (χ3v) is 8.13. The van der Waals surface area contributed by atoms with E-state index < -0.39 is 6.85 Å². The van der Waals surface area contributed by atoms with E-state index in [0.717, 1.165) is 61.5 Å². The van der Waals surface area contributed by atoms with Crippen molar-refractivity contribution in [3.05, 3.63) is 176 Å². The van der Waals surface area contributed by atoms with Crippen molar-refractivity contribution in [3.63, 3.8) is 0 Å². The zero-order valence-corrected chi connectivity index (χ0v) is 28.4. The zero-order valence-electron chi connectivity index (χ0n) is 29.0. The molecule has 239 valence electrons. The van der Waals surface area contributed by atoms with Crippen molar-refractivity contribution >= 4 is 22.0 Å². The van der Waals surface area contributed by atoms with Crippen LogP contribution in [0.1, 0.15) is 9.68 Å². The fraction of sp³-hybridized carbons (Fsp3) is 0.0233. The summed E-state index contributed by atoms with van der Waals surface area (Å²) in [5.74, 6) is 0.793. The normalized spacial score (nSPS) is 12.0. The molecule has 6 heteroatoms. The summed E-state index contributed by atoms with van der Waals surface area (Å²) in [6.45, 7) is -2.09. The van der Waals surface area contributed by atoms with E-state index in [1.807, 2.05) is 60.7 Å². The maximum absolute atomic E-state index is 7.23. The van der Waals surface area contributed by atoms with E-state index in [4.69, 9.17) is 17.9 Å². The van der Waals surface area contributed by atoms with Crippen molar-refractivity contribution in [1.29, 1.82) is 0 Å². The number of rotatable bonds is 5. The van der Waals surface area contributed by atoms with E-state index in [1.165, 1.54) is 17.3 Å². The molecule has 0 saturated carbocycles. The van der Waals surface area contributed by atoms with Crippen LogP contribution in [0.3, 0.4) is 0 Å². The van der Waals surface area contributed by atoms with E-state index in [2.05, 4.69) is 82.5 Å². The first-order valence-corrected chi connectivity index (χ1v) is 15.5. The second-order valence-corrected chi connectivity index (χ2v) is 11.2. The maximum atomic E-state index is 7.23. The number of pyridine rings is 1. The van der Waals surface area contributed by atoms with Gasteiger partial charge in [-0.3, -0.25) is 4.98 Å². The molecule has 0 aliphatic rings. The summed E-state index contributed by atoms with van der Waals surface area (Å²) >= 11 is 0. The molecular formula is C43H29IrN3O2-2. The molecule has 0 N–H and O–H groups in total. The van der Waals surface area contributed by atoms with Crippen molar-refractivity contribution in [2.45, 2.75) is 6.85 Å². The van der Waals surface area contributed by atoms with Crippen molar-refractivity contribution < 1.29 is 33.1 Å². The fourth-order valence-electron chi connectivity index (χ4n) is 5.74. The largest absolute Gasteiger partial charge is 0.557 e. The van der Waals surface area contributed by atoms with Gasteiger partial charge in [-0.05, 0) is 65.1 Å². The SMILES string of the molecule is [2H]C([2H])([2H])c1ccc(-c2[c-]cccc2)nc1.[Ir].[c-]1oc2ccc(-c3ccoc3)cc2c1-c1nc2ccccc2n1-c1ccc(-c2ccccc2)cc1. The molecule has 49 heavy (non-hydrogen) atoms. The van der Waals surface area contributed by atoms with Gasteiger partial charge in [-0.25, -0.2) is 0 Å². The van der Waals surface area contributed by atoms with E-state index in [-0.39, 0.29) is 25.7 Å². The van der Waals surface area contributed by atoms with Gasteiger partial charge >= 0.3 is 0 Å². The molecule has 9 rings (SSSR count). The van der Waals surface area contributed by atoms with Gasteiger partial charge in [-0.1, -0.05) is 95.9 Å². The number of hydrogen-bond donors (Lipinski definition) is 0. The number of benzene rings is 5. The zero-order chi connectivity index (χ0) is 34.8. The van der Waals surface area contributed by atoms with Gasteiger partial charge in [0.25, 0.3) is 0 Å². The Bertz CT molecular complexity index is 2540. The molecule has 5 aromatic carbocycles. The molecule has 0 amide bonds. The van der Waals surface area contributed by atoms with Crippen LogP contribution in [0.15, 0.2) is 167 Å². The summed E-state index contributed by atoms with van der Waals surface area (Å²) < 4.78 is 35.0. The second-order valence-electron chi connectivity index (χ2n) is 11.2. The smallest absolute Gasteiger partial charge is 0.0980 e. The molecule has 4 aromatic heterocycles. The Morgan fingerprint density at radius 1 is 0.735 bits per heavy atom. The Balaban J connectivity index is 0.000000209. The summed E-state index contributed by atoms with van der Waals surface area (Å²) in [7, 11) is 0. The Morgan fingerprint density at radius 3 is 2.29 bits per heavy atom. The number of aryl methyl sites for hydroxylation is 1. The Hall–Kier alpha value is -5.81. The van der Waals surface area contributed by atoms with Crippen LogP contribution in [0.5, 0.6) is 0 Å². The number of nitrogens with zero attached hydrogens (tertiary/aromatic N) is 3. The number of para-hydroxylation sites is 2. The second kappa shape index (κ2) is 14.1. The average Bonchev–Trinajstić information content (AvgIpc) is 3.95. The van der Waals surface area contributed by atoms with Gasteiger partial charge in [0.1, 0.15) is 0 Å². The molecule has 5 nitrogen and oxygen atoms in total. The molecule has 0 fully saturated rings. The van der Waals surface area contributed by atoms with Gasteiger partial charge < -0.3 is 18.4 Å². The first-order valence-electron chi connectivity index (χ1n) is 17.0. The first-order chi connectivity index (χ1) is 24.9. The van der Waals surface area contributed by atoms with Crippen LogP contribution in [0.4, 0.5) is 0 Å². The predicted molar refractivity (Wildman–Crippen MR) is 191 cm³/mol. The monoisotopic (exact) mass is 815 g/mol. The van der Waals surface area contributed by atoms with Crippen LogP contribution >= 0.6 is 0 Å². The maximum Gasteiger partial charge on any atom is 0.0980 e. The van der Waals surface area contributed by atoms with Gasteiger partial charge in [-0.2, -0.15) is 0 Å². The van der Waals surface area contributed by atoms with Gasteiger partial charge in [0.2, 0.25) is 0 Å². The fourth-order valence-corrected chi connectivity index (χ4v) is 5.74. The van der Waals surface area contributed by atoms with E-state index >= 15 is 0 Å². The summed E-state index contributed by atoms with van der Waals surface area (Å²) in [4.78, 5) is 9.13. The molecule has 0 saturated heterocycles. The molecule has 0 unspecified atom stereocenters. The number of furan rings is 2. The van der Waals surface area contributed by atoms with Crippen molar-refractivity contribution in [3.8, 4) is 50.6 Å². The van der Waals surface area contributed by atoms with E-state index in [1.54, 1.807) is 30.7 Å². The molecular weight excluding hydrogens is 783 g/mol. The quantitative estimate of drug-likeness (QED) is 0.162. The number of imidazole rings is 1. The summed E-state index contributed by atoms with van der Waals surface area (Å²) in [6, 6.07) is 49.0. The number of hydrogen-bond acceptors (Lipinski definition) is 4. The summed E-state index contributed by atoms with van der Waals surface area (Å²) in [5, 5.41) is 0.959. The van der Waals surface area contributed by atoms with Crippen molar-refractivity contribution in [2.24, 2.45) is 0 Å². The van der Waals surface area contributed by atoms with Crippen LogP contribution in [0, 0.1) is 19.2 Å². The molecule has 0 spiro atoms. The molecule has 0 atom stereocenters. The average molecular weight is 815 g/mol. The standard InChI is InChI=1S/C31H19N2O2.C12H10N.Ir/c1-2-6-21(7-3-1)22-10-13-25(14-11-22)33-29-9-5-4-8-28(29)32-31(33)27-20-35-30-15-12-23(18-26(27)30)24-16-17-34-19-24;1-10-7-8-12(13-9-10)11-5-3-2-4-6-11;/h1-19H;2-5,7-9H,1H3;/q2*-1;/i;1D3;. The van der Waals surface area contributed by atoms with Crippen LogP contribution in [-0.4, -0.2) is 14.5 Å². The Labute approximate surface area is 302 Å². The third kappa shape index (κ3) is 6.53. The summed E-state index contributed by atoms with van der Waals surface area (Å²) in [5.41, 5.74) is 10.9. The minimum Gasteiger partial charge on any atom is -0.557 e. The van der Waals surface area contributed by atoms with Crippen LogP contribution in [0.25, 0.3) is 72.6 Å². The van der Waals surface area contributed by atoms with Crippen LogP contribution in [-0.2, 0) is 20.1 Å². The molecule has 1 radical (unpaired) electrons. The predicted octanol–water partition coefficient (Wildman–Crippen LogP) is 11.0. The molecule has 9 aromatic rings. The minimum atomic E-state index is -2.09. The van der Waals surface area contributed by atoms with Gasteiger partial charge in [0, 0.05) is 53.5 Å². The minimum absolute atomic E-state index is 0. The van der Waals surface area contributed by atoms with Gasteiger partial charge in [-0.15, -0.1) is 35.9 Å². The summed E-state index contributed by atoms with van der Waals surface area (Å²) in [6.07, 6.45) is 7.95. The van der Waals surface area contributed by atoms with Gasteiger partial charge in [0.05, 0.1) is 29.4 Å². The number of aromatic nitrogens is 3. The topological polar surface area (TPSA) is 57.0 Å². The number of fused-ring (bicyclic) bond motifs is 2. The van der Waals surface area contributed by atoms with Crippen LogP contribution < -0.4 is 0 Å². The molecule has 0 aliphatic heterocycles. The third-order valence-electron chi connectivity index (χ3n) is 8.13.